The molecule has 1 aromatic carbocycles. The van der Waals surface area contributed by atoms with Gasteiger partial charge in [-0.25, -0.2) is 9.79 Å². The number of anilines is 1. The van der Waals surface area contributed by atoms with Crippen LogP contribution in [0.1, 0.15) is 71.0 Å². The number of nitrogens with one attached hydrogen (secondary N) is 2. The van der Waals surface area contributed by atoms with Crippen LogP contribution in [-0.2, 0) is 4.74 Å². The van der Waals surface area contributed by atoms with E-state index in [1.165, 1.54) is 44.6 Å². The summed E-state index contributed by atoms with van der Waals surface area (Å²) < 4.78 is 5.41. The Balaban J connectivity index is 1.15. The SMILES string of the molecule is CC(C)(C)OC(=O)NC1CCN(c2ccc(C3N=C4C(=C(Cl)N3)CCN4CCCN3CCCC3)cc2)CC1. The Kier molecular flexibility index (Phi) is 8.38. The molecule has 3 saturated heterocycles. The van der Waals surface area contributed by atoms with Crippen LogP contribution in [-0.4, -0.2) is 79.2 Å². The third-order valence-corrected chi connectivity index (χ3v) is 8.21. The van der Waals surface area contributed by atoms with E-state index in [2.05, 4.69) is 49.6 Å². The van der Waals surface area contributed by atoms with Crippen LogP contribution in [0.15, 0.2) is 40.0 Å². The fraction of sp³-hybridized carbons (Fsp3) is 0.655. The molecule has 1 amide bonds. The first-order valence-corrected chi connectivity index (χ1v) is 14.7. The number of amidine groups is 1. The molecule has 0 spiro atoms. The number of hydrogen-bond donors (Lipinski definition) is 2. The molecule has 4 aliphatic rings. The molecule has 208 valence electrons. The van der Waals surface area contributed by atoms with E-state index in [1.807, 2.05) is 20.8 Å². The summed E-state index contributed by atoms with van der Waals surface area (Å²) in [5.41, 5.74) is 2.99. The molecule has 1 unspecified atom stereocenters. The monoisotopic (exact) mass is 542 g/mol. The zero-order valence-corrected chi connectivity index (χ0v) is 23.9. The molecule has 9 heteroatoms. The normalized spacial score (nSPS) is 22.8. The molecule has 3 fully saturated rings. The Morgan fingerprint density at radius 3 is 2.47 bits per heavy atom. The molecule has 0 saturated carbocycles. The number of fused-ring (bicyclic) bond motifs is 1. The van der Waals surface area contributed by atoms with Gasteiger partial charge in [0.05, 0.1) is 0 Å². The molecule has 38 heavy (non-hydrogen) atoms. The van der Waals surface area contributed by atoms with Crippen molar-refractivity contribution >= 4 is 29.2 Å². The van der Waals surface area contributed by atoms with Crippen molar-refractivity contribution < 1.29 is 9.53 Å². The molecule has 1 aromatic rings. The Labute approximate surface area is 232 Å². The van der Waals surface area contributed by atoms with Gasteiger partial charge >= 0.3 is 6.09 Å². The third kappa shape index (κ3) is 6.75. The fourth-order valence-corrected chi connectivity index (χ4v) is 6.16. The number of aliphatic imine (C=N–C) groups is 1. The average Bonchev–Trinajstić information content (AvgIpc) is 3.54. The van der Waals surface area contributed by atoms with Gasteiger partial charge in [-0.1, -0.05) is 23.7 Å². The molecule has 0 aromatic heterocycles. The van der Waals surface area contributed by atoms with Crippen LogP contribution in [0.4, 0.5) is 10.5 Å². The summed E-state index contributed by atoms with van der Waals surface area (Å²) in [6.07, 6.45) is 6.11. The van der Waals surface area contributed by atoms with Crippen LogP contribution >= 0.6 is 11.6 Å². The Bertz CT molecular complexity index is 1040. The van der Waals surface area contributed by atoms with Gasteiger partial charge < -0.3 is 30.1 Å². The summed E-state index contributed by atoms with van der Waals surface area (Å²) in [6.45, 7) is 13.2. The lowest BCUT2D eigenvalue weighted by Crippen LogP contribution is -2.46. The quantitative estimate of drug-likeness (QED) is 0.481. The van der Waals surface area contributed by atoms with E-state index in [9.17, 15) is 4.79 Å². The molecular formula is C29H43ClN6O2. The zero-order valence-electron chi connectivity index (χ0n) is 23.1. The molecule has 8 nitrogen and oxygen atoms in total. The van der Waals surface area contributed by atoms with Gasteiger partial charge in [-0.2, -0.15) is 0 Å². The van der Waals surface area contributed by atoms with E-state index in [4.69, 9.17) is 21.3 Å². The van der Waals surface area contributed by atoms with Gasteiger partial charge in [0.2, 0.25) is 0 Å². The van der Waals surface area contributed by atoms with E-state index in [0.29, 0.717) is 0 Å². The highest BCUT2D eigenvalue weighted by molar-refractivity contribution is 6.32. The second-order valence-electron chi connectivity index (χ2n) is 11.9. The van der Waals surface area contributed by atoms with Crippen LogP contribution in [0.2, 0.25) is 0 Å². The van der Waals surface area contributed by atoms with Gasteiger partial charge in [-0.3, -0.25) is 0 Å². The second kappa shape index (κ2) is 11.7. The average molecular weight is 543 g/mol. The Hall–Kier alpha value is -2.45. The van der Waals surface area contributed by atoms with E-state index in [1.54, 1.807) is 0 Å². The van der Waals surface area contributed by atoms with Gasteiger partial charge in [0.25, 0.3) is 0 Å². The van der Waals surface area contributed by atoms with Crippen molar-refractivity contribution in [3.63, 3.8) is 0 Å². The zero-order chi connectivity index (χ0) is 26.7. The van der Waals surface area contributed by atoms with Crippen molar-refractivity contribution in [3.05, 3.63) is 40.6 Å². The highest BCUT2D eigenvalue weighted by atomic mass is 35.5. The van der Waals surface area contributed by atoms with E-state index < -0.39 is 5.60 Å². The maximum absolute atomic E-state index is 12.1. The van der Waals surface area contributed by atoms with Crippen molar-refractivity contribution in [2.75, 3.05) is 50.7 Å². The Morgan fingerprint density at radius 2 is 1.79 bits per heavy atom. The van der Waals surface area contributed by atoms with E-state index in [0.717, 1.165) is 67.6 Å². The minimum absolute atomic E-state index is 0.149. The fourth-order valence-electron chi connectivity index (χ4n) is 5.88. The predicted octanol–water partition coefficient (Wildman–Crippen LogP) is 4.82. The summed E-state index contributed by atoms with van der Waals surface area (Å²) in [6, 6.07) is 8.81. The number of alkyl carbamates (subject to hydrolysis) is 1. The lowest BCUT2D eigenvalue weighted by atomic mass is 10.0. The second-order valence-corrected chi connectivity index (χ2v) is 12.3. The summed E-state index contributed by atoms with van der Waals surface area (Å²) in [4.78, 5) is 24.6. The Morgan fingerprint density at radius 1 is 1.08 bits per heavy atom. The van der Waals surface area contributed by atoms with Crippen LogP contribution in [0.25, 0.3) is 0 Å². The van der Waals surface area contributed by atoms with Gasteiger partial charge in [0, 0.05) is 43.5 Å². The number of rotatable bonds is 7. The van der Waals surface area contributed by atoms with Crippen molar-refractivity contribution in [1.82, 2.24) is 20.4 Å². The minimum Gasteiger partial charge on any atom is -0.444 e. The number of nitrogens with zero attached hydrogens (tertiary/aromatic N) is 4. The molecular weight excluding hydrogens is 500 g/mol. The minimum atomic E-state index is -0.477. The van der Waals surface area contributed by atoms with Crippen LogP contribution in [0.5, 0.6) is 0 Å². The maximum Gasteiger partial charge on any atom is 0.407 e. The van der Waals surface area contributed by atoms with Crippen LogP contribution in [0.3, 0.4) is 0 Å². The molecule has 4 aliphatic heterocycles. The topological polar surface area (TPSA) is 72.4 Å². The highest BCUT2D eigenvalue weighted by Crippen LogP contribution is 2.32. The molecule has 5 rings (SSSR count). The summed E-state index contributed by atoms with van der Waals surface area (Å²) in [5.74, 6) is 1.07. The number of carbonyl (C=O) groups is 1. The lowest BCUT2D eigenvalue weighted by Gasteiger charge is -2.34. The van der Waals surface area contributed by atoms with Crippen LogP contribution < -0.4 is 15.5 Å². The van der Waals surface area contributed by atoms with Gasteiger partial charge in [0.1, 0.15) is 22.8 Å². The third-order valence-electron chi connectivity index (χ3n) is 7.87. The number of hydrogen-bond acceptors (Lipinski definition) is 7. The van der Waals surface area contributed by atoms with Gasteiger partial charge in [-0.05, 0) is 96.6 Å². The maximum atomic E-state index is 12.1. The number of likely N-dealkylation sites (tertiary alicyclic amines) is 2. The standard InChI is InChI=1S/C29H43ClN6O2/c1-29(2,3)38-28(37)31-22-11-18-35(19-12-22)23-9-7-21(8-10-23)26-32-25(30)24-13-20-36(27(24)33-26)17-6-16-34-14-4-5-15-34/h7-10,22,26,32H,4-6,11-20H2,1-3H3,(H,31,37). The number of piperidine rings is 1. The predicted molar refractivity (Wildman–Crippen MR) is 154 cm³/mol. The largest absolute Gasteiger partial charge is 0.444 e. The number of carbonyl (C=O) groups excluding carboxylic acids is 1. The smallest absolute Gasteiger partial charge is 0.407 e. The number of benzene rings is 1. The molecule has 4 heterocycles. The van der Waals surface area contributed by atoms with Crippen molar-refractivity contribution in [2.24, 2.45) is 4.99 Å². The molecule has 0 aliphatic carbocycles. The van der Waals surface area contributed by atoms with E-state index in [-0.39, 0.29) is 18.3 Å². The van der Waals surface area contributed by atoms with Crippen molar-refractivity contribution in [2.45, 2.75) is 77.1 Å². The van der Waals surface area contributed by atoms with E-state index >= 15 is 0 Å². The van der Waals surface area contributed by atoms with Gasteiger partial charge in [0.15, 0.2) is 0 Å². The molecule has 0 bridgehead atoms. The summed E-state index contributed by atoms with van der Waals surface area (Å²) >= 11 is 6.71. The van der Waals surface area contributed by atoms with Crippen molar-refractivity contribution in [1.29, 1.82) is 0 Å². The number of ether oxygens (including phenoxy) is 1. The lowest BCUT2D eigenvalue weighted by molar-refractivity contribution is 0.0497. The molecule has 2 N–H and O–H groups in total. The van der Waals surface area contributed by atoms with Crippen molar-refractivity contribution in [3.8, 4) is 0 Å². The number of amides is 1. The first-order valence-electron chi connectivity index (χ1n) is 14.3. The molecule has 1 atom stereocenters. The van der Waals surface area contributed by atoms with Crippen LogP contribution in [0, 0.1) is 0 Å². The first kappa shape index (κ1) is 27.1. The first-order chi connectivity index (χ1) is 18.2. The highest BCUT2D eigenvalue weighted by Gasteiger charge is 2.32. The molecule has 0 radical (unpaired) electrons. The van der Waals surface area contributed by atoms with Gasteiger partial charge in [-0.15, -0.1) is 0 Å². The number of halogens is 1. The summed E-state index contributed by atoms with van der Waals surface area (Å²) in [5, 5.41) is 7.18. The summed E-state index contributed by atoms with van der Waals surface area (Å²) in [7, 11) is 0.